The molecule has 2 amide bonds. The van der Waals surface area contributed by atoms with E-state index < -0.39 is 0 Å². The lowest BCUT2D eigenvalue weighted by atomic mass is 9.81. The van der Waals surface area contributed by atoms with Crippen LogP contribution in [0, 0.1) is 0 Å². The number of piperidine rings is 1. The zero-order valence-corrected chi connectivity index (χ0v) is 14.3. The van der Waals surface area contributed by atoms with Crippen LogP contribution in [0.1, 0.15) is 41.2 Å². The van der Waals surface area contributed by atoms with Gasteiger partial charge in [-0.25, -0.2) is 0 Å². The van der Waals surface area contributed by atoms with Crippen LogP contribution in [0.15, 0.2) is 42.9 Å². The van der Waals surface area contributed by atoms with E-state index in [-0.39, 0.29) is 23.3 Å². The number of aromatic nitrogens is 2. The monoisotopic (exact) mass is 338 g/mol. The van der Waals surface area contributed by atoms with Gasteiger partial charge in [-0.1, -0.05) is 6.07 Å². The van der Waals surface area contributed by atoms with Gasteiger partial charge < -0.3 is 14.8 Å². The number of nitrogens with one attached hydrogen (secondary N) is 1. The minimum atomic E-state index is -0.149. The second-order valence-corrected chi connectivity index (χ2v) is 7.04. The number of amides is 2. The molecule has 0 aromatic carbocycles. The number of rotatable bonds is 2. The van der Waals surface area contributed by atoms with Crippen LogP contribution in [0.2, 0.25) is 0 Å². The Morgan fingerprint density at radius 2 is 2.08 bits per heavy atom. The van der Waals surface area contributed by atoms with Gasteiger partial charge in [-0.2, -0.15) is 0 Å². The van der Waals surface area contributed by atoms with Crippen LogP contribution in [0.5, 0.6) is 0 Å². The molecule has 2 aliphatic rings. The van der Waals surface area contributed by atoms with Crippen molar-refractivity contribution in [2.45, 2.75) is 30.7 Å². The van der Waals surface area contributed by atoms with Gasteiger partial charge in [0.05, 0.1) is 5.92 Å². The number of likely N-dealkylation sites (tertiary alicyclic amines) is 2. The molecule has 2 fully saturated rings. The topological polar surface area (TPSA) is 69.3 Å². The first-order valence-corrected chi connectivity index (χ1v) is 8.71. The summed E-state index contributed by atoms with van der Waals surface area (Å²) in [5.41, 5.74) is 1.46. The standard InChI is InChI=1S/C19H22N4O2/c1-22-17(24)15(14-4-2-8-20-13-14)12-19(22)6-10-23(11-7-19)18(25)16-5-3-9-21-16/h2-5,8-9,13,15,21H,6-7,10-12H2,1H3. The molecule has 6 heteroatoms. The van der Waals surface area contributed by atoms with Gasteiger partial charge in [-0.15, -0.1) is 0 Å². The zero-order chi connectivity index (χ0) is 17.4. The molecule has 0 bridgehead atoms. The van der Waals surface area contributed by atoms with Crippen LogP contribution >= 0.6 is 0 Å². The summed E-state index contributed by atoms with van der Waals surface area (Å²) >= 11 is 0. The number of pyridine rings is 1. The maximum Gasteiger partial charge on any atom is 0.270 e. The van der Waals surface area contributed by atoms with E-state index in [0.29, 0.717) is 18.8 Å². The molecule has 0 saturated carbocycles. The average molecular weight is 338 g/mol. The molecule has 25 heavy (non-hydrogen) atoms. The van der Waals surface area contributed by atoms with E-state index in [4.69, 9.17) is 0 Å². The number of carbonyl (C=O) groups excluding carboxylic acids is 2. The molecule has 4 rings (SSSR count). The van der Waals surface area contributed by atoms with Crippen LogP contribution in [0.25, 0.3) is 0 Å². The lowest BCUT2D eigenvalue weighted by Gasteiger charge is -2.43. The van der Waals surface area contributed by atoms with Crippen molar-refractivity contribution in [3.05, 3.63) is 54.1 Å². The van der Waals surface area contributed by atoms with Crippen molar-refractivity contribution in [1.82, 2.24) is 19.8 Å². The van der Waals surface area contributed by atoms with E-state index in [0.717, 1.165) is 24.8 Å². The smallest absolute Gasteiger partial charge is 0.270 e. The minimum Gasteiger partial charge on any atom is -0.357 e. The van der Waals surface area contributed by atoms with Crippen LogP contribution in [0.3, 0.4) is 0 Å². The number of aromatic amines is 1. The summed E-state index contributed by atoms with van der Waals surface area (Å²) in [5, 5.41) is 0. The van der Waals surface area contributed by atoms with Crippen molar-refractivity contribution >= 4 is 11.8 Å². The SMILES string of the molecule is CN1C(=O)C(c2cccnc2)CC12CCN(C(=O)c1ccc[nH]1)CC2. The van der Waals surface area contributed by atoms with E-state index in [2.05, 4.69) is 9.97 Å². The molecular formula is C19H22N4O2. The first-order valence-electron chi connectivity index (χ1n) is 8.71. The number of H-pyrrole nitrogens is 1. The molecule has 4 heterocycles. The normalized spacial score (nSPS) is 22.6. The van der Waals surface area contributed by atoms with Gasteiger partial charge in [-0.05, 0) is 43.0 Å². The van der Waals surface area contributed by atoms with Gasteiger partial charge >= 0.3 is 0 Å². The molecule has 0 radical (unpaired) electrons. The summed E-state index contributed by atoms with van der Waals surface area (Å²) in [6, 6.07) is 7.49. The van der Waals surface area contributed by atoms with Crippen molar-refractivity contribution < 1.29 is 9.59 Å². The van der Waals surface area contributed by atoms with Crippen molar-refractivity contribution in [2.24, 2.45) is 0 Å². The third-order valence-electron chi connectivity index (χ3n) is 5.82. The molecule has 6 nitrogen and oxygen atoms in total. The molecule has 1 spiro atoms. The van der Waals surface area contributed by atoms with Gasteiger partial charge in [0.1, 0.15) is 5.69 Å². The molecule has 1 unspecified atom stereocenters. The molecule has 2 aromatic rings. The Hall–Kier alpha value is -2.63. The van der Waals surface area contributed by atoms with Crippen LogP contribution in [-0.4, -0.2) is 57.3 Å². The Bertz CT molecular complexity index is 764. The van der Waals surface area contributed by atoms with Gasteiger partial charge in [0.25, 0.3) is 5.91 Å². The summed E-state index contributed by atoms with van der Waals surface area (Å²) in [6.45, 7) is 1.35. The van der Waals surface area contributed by atoms with E-state index in [1.165, 1.54) is 0 Å². The summed E-state index contributed by atoms with van der Waals surface area (Å²) in [5.74, 6) is 0.0807. The Labute approximate surface area is 146 Å². The summed E-state index contributed by atoms with van der Waals surface area (Å²) in [6.07, 6.45) is 7.72. The lowest BCUT2D eigenvalue weighted by molar-refractivity contribution is -0.131. The highest BCUT2D eigenvalue weighted by Gasteiger charge is 2.50. The van der Waals surface area contributed by atoms with Gasteiger partial charge in [0.15, 0.2) is 0 Å². The van der Waals surface area contributed by atoms with E-state index in [9.17, 15) is 9.59 Å². The second-order valence-electron chi connectivity index (χ2n) is 7.04. The van der Waals surface area contributed by atoms with Gasteiger partial charge in [-0.3, -0.25) is 14.6 Å². The van der Waals surface area contributed by atoms with Crippen LogP contribution in [-0.2, 0) is 4.79 Å². The quantitative estimate of drug-likeness (QED) is 0.911. The molecule has 2 saturated heterocycles. The van der Waals surface area contributed by atoms with E-state index in [1.807, 2.05) is 35.0 Å². The molecule has 1 N–H and O–H groups in total. The maximum atomic E-state index is 12.8. The fraction of sp³-hybridized carbons (Fsp3) is 0.421. The predicted molar refractivity (Wildman–Crippen MR) is 93.0 cm³/mol. The molecule has 1 atom stereocenters. The van der Waals surface area contributed by atoms with Crippen molar-refractivity contribution in [3.8, 4) is 0 Å². The van der Waals surface area contributed by atoms with Crippen molar-refractivity contribution in [1.29, 1.82) is 0 Å². The van der Waals surface area contributed by atoms with E-state index in [1.54, 1.807) is 24.7 Å². The second kappa shape index (κ2) is 6.02. The number of nitrogens with zero attached hydrogens (tertiary/aromatic N) is 3. The number of likely N-dealkylation sites (N-methyl/N-ethyl adjacent to an activating group) is 1. The Morgan fingerprint density at radius 3 is 2.72 bits per heavy atom. The number of hydrogen-bond donors (Lipinski definition) is 1. The Kier molecular flexibility index (Phi) is 3.82. The molecule has 2 aliphatic heterocycles. The number of carbonyl (C=O) groups is 2. The maximum absolute atomic E-state index is 12.8. The molecule has 0 aliphatic carbocycles. The Morgan fingerprint density at radius 1 is 1.28 bits per heavy atom. The highest BCUT2D eigenvalue weighted by Crippen LogP contribution is 2.44. The average Bonchev–Trinajstić information content (AvgIpc) is 3.27. The summed E-state index contributed by atoms with van der Waals surface area (Å²) in [7, 11) is 1.90. The van der Waals surface area contributed by atoms with Gasteiger partial charge in [0.2, 0.25) is 5.91 Å². The first kappa shape index (κ1) is 15.9. The largest absolute Gasteiger partial charge is 0.357 e. The molecule has 130 valence electrons. The molecular weight excluding hydrogens is 316 g/mol. The molecule has 2 aromatic heterocycles. The van der Waals surface area contributed by atoms with Crippen molar-refractivity contribution in [2.75, 3.05) is 20.1 Å². The Balaban J connectivity index is 1.49. The first-order chi connectivity index (χ1) is 12.1. The minimum absolute atomic E-state index is 0.0376. The predicted octanol–water partition coefficient (Wildman–Crippen LogP) is 2.03. The summed E-state index contributed by atoms with van der Waals surface area (Å²) in [4.78, 5) is 36.2. The fourth-order valence-electron chi connectivity index (χ4n) is 4.21. The highest BCUT2D eigenvalue weighted by molar-refractivity contribution is 5.92. The fourth-order valence-corrected chi connectivity index (χ4v) is 4.21. The number of hydrogen-bond acceptors (Lipinski definition) is 3. The third-order valence-corrected chi connectivity index (χ3v) is 5.82. The highest BCUT2D eigenvalue weighted by atomic mass is 16.2. The zero-order valence-electron chi connectivity index (χ0n) is 14.3. The van der Waals surface area contributed by atoms with E-state index >= 15 is 0 Å². The van der Waals surface area contributed by atoms with Crippen LogP contribution in [0.4, 0.5) is 0 Å². The third kappa shape index (κ3) is 2.62. The van der Waals surface area contributed by atoms with Crippen LogP contribution < -0.4 is 0 Å². The lowest BCUT2D eigenvalue weighted by Crippen LogP contribution is -2.52. The van der Waals surface area contributed by atoms with Gasteiger partial charge in [0, 0.05) is 44.3 Å². The van der Waals surface area contributed by atoms with Crippen molar-refractivity contribution in [3.63, 3.8) is 0 Å². The summed E-state index contributed by atoms with van der Waals surface area (Å²) < 4.78 is 0.